The van der Waals surface area contributed by atoms with E-state index in [-0.39, 0.29) is 0 Å². The van der Waals surface area contributed by atoms with Gasteiger partial charge in [0.25, 0.3) is 0 Å². The number of likely N-dealkylation sites (N-methyl/N-ethyl adjacent to an activating group) is 1. The zero-order chi connectivity index (χ0) is 23.7. The predicted octanol–water partition coefficient (Wildman–Crippen LogP) is 4.33. The topological polar surface area (TPSA) is 56.8 Å². The van der Waals surface area contributed by atoms with E-state index in [2.05, 4.69) is 65.9 Å². The van der Waals surface area contributed by atoms with Crippen molar-refractivity contribution >= 4 is 38.7 Å². The van der Waals surface area contributed by atoms with E-state index in [1.165, 1.54) is 21.7 Å². The number of fused-ring (bicyclic) bond motifs is 1. The lowest BCUT2D eigenvalue weighted by Crippen LogP contribution is -2.46. The smallest absolute Gasteiger partial charge is 0.146 e. The molecule has 8 heteroatoms. The SMILES string of the molecule is CCN1CCN(c2ccc(Nc3nc(CN4CCOCC4)nc4sc(C)c(C)c34)c(C)c2)CC1. The van der Waals surface area contributed by atoms with E-state index in [4.69, 9.17) is 14.7 Å². The van der Waals surface area contributed by atoms with Gasteiger partial charge in [-0.1, -0.05) is 6.92 Å². The molecule has 4 heterocycles. The van der Waals surface area contributed by atoms with Crippen LogP contribution in [0, 0.1) is 20.8 Å². The van der Waals surface area contributed by atoms with Crippen molar-refractivity contribution in [2.24, 2.45) is 0 Å². The molecule has 1 aromatic carbocycles. The highest BCUT2D eigenvalue weighted by Gasteiger charge is 2.19. The first-order chi connectivity index (χ1) is 16.5. The van der Waals surface area contributed by atoms with Gasteiger partial charge in [-0.3, -0.25) is 4.90 Å². The van der Waals surface area contributed by atoms with Crippen molar-refractivity contribution in [3.05, 3.63) is 40.0 Å². The van der Waals surface area contributed by atoms with Crippen molar-refractivity contribution < 1.29 is 4.74 Å². The van der Waals surface area contributed by atoms with Crippen molar-refractivity contribution in [2.45, 2.75) is 34.2 Å². The Morgan fingerprint density at radius 1 is 0.971 bits per heavy atom. The van der Waals surface area contributed by atoms with Crippen molar-refractivity contribution in [3.8, 4) is 0 Å². The van der Waals surface area contributed by atoms with E-state index >= 15 is 0 Å². The standard InChI is InChI=1S/C26H36N6OS/c1-5-30-8-10-32(11-9-30)21-6-7-22(18(2)16-21)27-25-24-19(3)20(4)34-26(24)29-23(28-25)17-31-12-14-33-15-13-31/h6-7,16H,5,8-15,17H2,1-4H3,(H,27,28,29). The normalized spacial score (nSPS) is 18.1. The summed E-state index contributed by atoms with van der Waals surface area (Å²) in [5.41, 5.74) is 4.92. The third-order valence-corrected chi connectivity index (χ3v) is 8.29. The number of piperazine rings is 1. The van der Waals surface area contributed by atoms with E-state index in [0.29, 0.717) is 0 Å². The Hall–Kier alpha value is -2.26. The second-order valence-corrected chi connectivity index (χ2v) is 10.6. The van der Waals surface area contributed by atoms with Gasteiger partial charge in [-0.05, 0) is 56.6 Å². The van der Waals surface area contributed by atoms with Crippen LogP contribution in [-0.2, 0) is 11.3 Å². The van der Waals surface area contributed by atoms with Crippen LogP contribution in [0.3, 0.4) is 0 Å². The van der Waals surface area contributed by atoms with Crippen LogP contribution in [0.2, 0.25) is 0 Å². The fourth-order valence-corrected chi connectivity index (χ4v) is 5.90. The molecule has 2 aromatic heterocycles. The molecule has 182 valence electrons. The molecule has 0 unspecified atom stereocenters. The van der Waals surface area contributed by atoms with Gasteiger partial charge in [-0.25, -0.2) is 9.97 Å². The number of benzene rings is 1. The van der Waals surface area contributed by atoms with Crippen molar-refractivity contribution in [1.29, 1.82) is 0 Å². The maximum Gasteiger partial charge on any atom is 0.146 e. The zero-order valence-corrected chi connectivity index (χ0v) is 21.7. The number of hydrogen-bond donors (Lipinski definition) is 1. The summed E-state index contributed by atoms with van der Waals surface area (Å²) >= 11 is 1.76. The van der Waals surface area contributed by atoms with Gasteiger partial charge in [0.1, 0.15) is 16.5 Å². The molecule has 0 radical (unpaired) electrons. The van der Waals surface area contributed by atoms with Crippen LogP contribution in [0.5, 0.6) is 0 Å². The summed E-state index contributed by atoms with van der Waals surface area (Å²) < 4.78 is 5.51. The average molecular weight is 481 g/mol. The Kier molecular flexibility index (Phi) is 7.01. The minimum atomic E-state index is 0.756. The third-order valence-electron chi connectivity index (χ3n) is 7.19. The molecular formula is C26H36N6OS. The maximum atomic E-state index is 5.51. The quantitative estimate of drug-likeness (QED) is 0.563. The molecule has 2 aliphatic rings. The number of anilines is 3. The lowest BCUT2D eigenvalue weighted by atomic mass is 10.1. The molecule has 0 aliphatic carbocycles. The minimum Gasteiger partial charge on any atom is -0.379 e. The fraction of sp³-hybridized carbons (Fsp3) is 0.538. The van der Waals surface area contributed by atoms with E-state index < -0.39 is 0 Å². The molecule has 2 fully saturated rings. The average Bonchev–Trinajstić information content (AvgIpc) is 3.14. The summed E-state index contributed by atoms with van der Waals surface area (Å²) in [7, 11) is 0. The van der Waals surface area contributed by atoms with E-state index in [1.807, 2.05) is 0 Å². The number of rotatable bonds is 6. The van der Waals surface area contributed by atoms with Crippen molar-refractivity contribution in [2.75, 3.05) is 69.2 Å². The molecule has 1 N–H and O–H groups in total. The summed E-state index contributed by atoms with van der Waals surface area (Å²) in [6, 6.07) is 6.76. The summed E-state index contributed by atoms with van der Waals surface area (Å²) in [6.07, 6.45) is 0. The predicted molar refractivity (Wildman–Crippen MR) is 142 cm³/mol. The largest absolute Gasteiger partial charge is 0.379 e. The van der Waals surface area contributed by atoms with Gasteiger partial charge >= 0.3 is 0 Å². The molecule has 0 bridgehead atoms. The van der Waals surface area contributed by atoms with Crippen LogP contribution in [0.4, 0.5) is 17.2 Å². The van der Waals surface area contributed by atoms with Crippen molar-refractivity contribution in [3.63, 3.8) is 0 Å². The van der Waals surface area contributed by atoms with Gasteiger partial charge in [0, 0.05) is 55.5 Å². The highest BCUT2D eigenvalue weighted by atomic mass is 32.1. The van der Waals surface area contributed by atoms with Gasteiger partial charge in [-0.2, -0.15) is 0 Å². The molecule has 0 saturated carbocycles. The molecule has 5 rings (SSSR count). The molecule has 0 amide bonds. The number of thiophene rings is 1. The number of morpholine rings is 1. The first-order valence-electron chi connectivity index (χ1n) is 12.4. The fourth-order valence-electron chi connectivity index (χ4n) is 4.85. The molecule has 2 aliphatic heterocycles. The minimum absolute atomic E-state index is 0.756. The number of aromatic nitrogens is 2. The molecule has 34 heavy (non-hydrogen) atoms. The van der Waals surface area contributed by atoms with Crippen LogP contribution in [0.25, 0.3) is 10.2 Å². The van der Waals surface area contributed by atoms with Gasteiger partial charge < -0.3 is 19.9 Å². The van der Waals surface area contributed by atoms with Crippen LogP contribution in [0.1, 0.15) is 28.8 Å². The third kappa shape index (κ3) is 4.91. The Balaban J connectivity index is 1.41. The lowest BCUT2D eigenvalue weighted by molar-refractivity contribution is 0.0331. The highest BCUT2D eigenvalue weighted by molar-refractivity contribution is 7.18. The van der Waals surface area contributed by atoms with Crippen molar-refractivity contribution in [1.82, 2.24) is 19.8 Å². The number of nitrogens with zero attached hydrogens (tertiary/aromatic N) is 5. The Morgan fingerprint density at radius 2 is 1.74 bits per heavy atom. The second-order valence-electron chi connectivity index (χ2n) is 9.39. The number of hydrogen-bond acceptors (Lipinski definition) is 8. The highest BCUT2D eigenvalue weighted by Crippen LogP contribution is 2.36. The van der Waals surface area contributed by atoms with Gasteiger partial charge in [0.15, 0.2) is 0 Å². The van der Waals surface area contributed by atoms with E-state index in [9.17, 15) is 0 Å². The van der Waals surface area contributed by atoms with E-state index in [0.717, 1.165) is 93.1 Å². The first kappa shape index (κ1) is 23.5. The Labute approximate surface area is 206 Å². The number of ether oxygens (including phenoxy) is 1. The van der Waals surface area contributed by atoms with Gasteiger partial charge in [-0.15, -0.1) is 11.3 Å². The summed E-state index contributed by atoms with van der Waals surface area (Å²) in [4.78, 5) is 19.7. The zero-order valence-electron chi connectivity index (χ0n) is 20.9. The molecule has 7 nitrogen and oxygen atoms in total. The van der Waals surface area contributed by atoms with Crippen LogP contribution in [0.15, 0.2) is 18.2 Å². The number of nitrogens with one attached hydrogen (secondary N) is 1. The summed E-state index contributed by atoms with van der Waals surface area (Å²) in [5.74, 6) is 1.80. The maximum absolute atomic E-state index is 5.51. The first-order valence-corrected chi connectivity index (χ1v) is 13.2. The Bertz CT molecular complexity index is 1150. The molecule has 3 aromatic rings. The lowest BCUT2D eigenvalue weighted by Gasteiger charge is -2.35. The molecule has 2 saturated heterocycles. The van der Waals surface area contributed by atoms with Crippen LogP contribution < -0.4 is 10.2 Å². The van der Waals surface area contributed by atoms with Gasteiger partial charge in [0.05, 0.1) is 25.1 Å². The van der Waals surface area contributed by atoms with Crippen LogP contribution >= 0.6 is 11.3 Å². The number of aryl methyl sites for hydroxylation is 3. The molecular weight excluding hydrogens is 444 g/mol. The monoisotopic (exact) mass is 480 g/mol. The van der Waals surface area contributed by atoms with E-state index in [1.54, 1.807) is 11.3 Å². The van der Waals surface area contributed by atoms with Crippen LogP contribution in [-0.4, -0.2) is 78.8 Å². The second kappa shape index (κ2) is 10.2. The summed E-state index contributed by atoms with van der Waals surface area (Å²) in [5, 5.41) is 4.82. The summed E-state index contributed by atoms with van der Waals surface area (Å²) in [6.45, 7) is 18.5. The molecule has 0 spiro atoms. The van der Waals surface area contributed by atoms with Gasteiger partial charge in [0.2, 0.25) is 0 Å². The molecule has 0 atom stereocenters. The Morgan fingerprint density at radius 3 is 2.44 bits per heavy atom.